The number of hydrogen-bond acceptors (Lipinski definition) is 3. The van der Waals surface area contributed by atoms with Crippen LogP contribution in [0.5, 0.6) is 0 Å². The number of nitrogens with two attached hydrogens (primary N) is 1. The third-order valence-electron chi connectivity index (χ3n) is 3.72. The quantitative estimate of drug-likeness (QED) is 0.698. The average Bonchev–Trinajstić information content (AvgIpc) is 2.41. The Labute approximate surface area is 139 Å². The van der Waals surface area contributed by atoms with Crippen molar-refractivity contribution in [3.8, 4) is 0 Å². The third kappa shape index (κ3) is 3.64. The van der Waals surface area contributed by atoms with Crippen LogP contribution in [0.4, 0.5) is 5.69 Å². The number of benzene rings is 1. The van der Waals surface area contributed by atoms with E-state index in [1.165, 1.54) is 6.07 Å². The van der Waals surface area contributed by atoms with Crippen LogP contribution in [-0.4, -0.2) is 22.5 Å². The lowest BCUT2D eigenvalue weighted by atomic mass is 9.82. The number of nitrogens with one attached hydrogen (secondary N) is 1. The van der Waals surface area contributed by atoms with E-state index < -0.39 is 11.5 Å². The molecule has 21 heavy (non-hydrogen) atoms. The number of aromatic carboxylic acids is 1. The average molecular weight is 420 g/mol. The van der Waals surface area contributed by atoms with Crippen LogP contribution in [0.1, 0.15) is 42.5 Å². The van der Waals surface area contributed by atoms with Gasteiger partial charge in [-0.3, -0.25) is 4.79 Å². The summed E-state index contributed by atoms with van der Waals surface area (Å²) in [4.78, 5) is 23.8. The summed E-state index contributed by atoms with van der Waals surface area (Å²) < 4.78 is 1.12. The predicted octanol–water partition coefficient (Wildman–Crippen LogP) is 3.51. The van der Waals surface area contributed by atoms with Crippen molar-refractivity contribution in [3.63, 3.8) is 0 Å². The molecule has 1 amide bonds. The molecule has 0 bridgehead atoms. The molecular formula is C14H16Br2N2O3. The van der Waals surface area contributed by atoms with E-state index in [2.05, 4.69) is 37.2 Å². The molecule has 0 heterocycles. The van der Waals surface area contributed by atoms with Crippen molar-refractivity contribution in [1.29, 1.82) is 0 Å². The third-order valence-corrected chi connectivity index (χ3v) is 4.81. The number of rotatable bonds is 3. The Morgan fingerprint density at radius 1 is 1.19 bits per heavy atom. The maximum atomic E-state index is 12.4. The molecule has 2 rings (SSSR count). The lowest BCUT2D eigenvalue weighted by molar-refractivity contribution is -0.122. The first-order valence-corrected chi connectivity index (χ1v) is 8.25. The number of hydrogen-bond donors (Lipinski definition) is 3. The van der Waals surface area contributed by atoms with Crippen molar-refractivity contribution < 1.29 is 14.7 Å². The topological polar surface area (TPSA) is 92.4 Å². The monoisotopic (exact) mass is 418 g/mol. The summed E-state index contributed by atoms with van der Waals surface area (Å²) in [6.07, 6.45) is 4.15. The van der Waals surface area contributed by atoms with Crippen LogP contribution in [0, 0.1) is 0 Å². The zero-order valence-corrected chi connectivity index (χ0v) is 14.5. The van der Waals surface area contributed by atoms with Crippen LogP contribution < -0.4 is 11.1 Å². The molecule has 0 atom stereocenters. The van der Waals surface area contributed by atoms with Gasteiger partial charge in [0.15, 0.2) is 0 Å². The highest BCUT2D eigenvalue weighted by Crippen LogP contribution is 2.33. The van der Waals surface area contributed by atoms with Gasteiger partial charge in [0.2, 0.25) is 5.91 Å². The van der Waals surface area contributed by atoms with Crippen molar-refractivity contribution in [2.75, 3.05) is 5.32 Å². The molecule has 0 spiro atoms. The molecule has 7 heteroatoms. The van der Waals surface area contributed by atoms with Gasteiger partial charge in [-0.15, -0.1) is 0 Å². The SMILES string of the molecule is NC1(C(=O)Nc2c(Br)cc(Br)cc2C(=O)O)CCCCC1. The van der Waals surface area contributed by atoms with Gasteiger partial charge in [-0.2, -0.15) is 0 Å². The van der Waals surface area contributed by atoms with E-state index in [0.29, 0.717) is 21.8 Å². The van der Waals surface area contributed by atoms with Gasteiger partial charge in [-0.25, -0.2) is 4.79 Å². The lowest BCUT2D eigenvalue weighted by Crippen LogP contribution is -2.52. The normalized spacial score (nSPS) is 17.3. The summed E-state index contributed by atoms with van der Waals surface area (Å²) in [6.45, 7) is 0. The maximum Gasteiger partial charge on any atom is 0.337 e. The van der Waals surface area contributed by atoms with Crippen LogP contribution in [0.2, 0.25) is 0 Å². The van der Waals surface area contributed by atoms with Crippen LogP contribution >= 0.6 is 31.9 Å². The van der Waals surface area contributed by atoms with E-state index in [0.717, 1.165) is 19.3 Å². The smallest absolute Gasteiger partial charge is 0.337 e. The summed E-state index contributed by atoms with van der Waals surface area (Å²) in [7, 11) is 0. The molecule has 1 fully saturated rings. The highest BCUT2D eigenvalue weighted by Gasteiger charge is 2.36. The first-order valence-electron chi connectivity index (χ1n) is 6.66. The van der Waals surface area contributed by atoms with Crippen molar-refractivity contribution in [2.24, 2.45) is 5.73 Å². The van der Waals surface area contributed by atoms with E-state index >= 15 is 0 Å². The van der Waals surface area contributed by atoms with Gasteiger partial charge in [-0.1, -0.05) is 35.2 Å². The number of anilines is 1. The molecule has 1 aromatic carbocycles. The highest BCUT2D eigenvalue weighted by molar-refractivity contribution is 9.11. The fourth-order valence-corrected chi connectivity index (χ4v) is 3.84. The number of carboxylic acids is 1. The summed E-state index contributed by atoms with van der Waals surface area (Å²) in [5.74, 6) is -1.44. The van der Waals surface area contributed by atoms with Crippen LogP contribution in [0.25, 0.3) is 0 Å². The molecule has 1 aliphatic carbocycles. The van der Waals surface area contributed by atoms with Crippen molar-refractivity contribution in [2.45, 2.75) is 37.6 Å². The van der Waals surface area contributed by atoms with Gasteiger partial charge in [0.05, 0.1) is 16.8 Å². The van der Waals surface area contributed by atoms with E-state index in [4.69, 9.17) is 5.73 Å². The molecule has 0 aliphatic heterocycles. The van der Waals surface area contributed by atoms with E-state index in [9.17, 15) is 14.7 Å². The Balaban J connectivity index is 2.30. The highest BCUT2D eigenvalue weighted by atomic mass is 79.9. The molecular weight excluding hydrogens is 404 g/mol. The van der Waals surface area contributed by atoms with Gasteiger partial charge < -0.3 is 16.2 Å². The molecule has 0 aromatic heterocycles. The van der Waals surface area contributed by atoms with Gasteiger partial charge in [0.25, 0.3) is 0 Å². The Hall–Kier alpha value is -0.920. The predicted molar refractivity (Wildman–Crippen MR) is 87.4 cm³/mol. The fourth-order valence-electron chi connectivity index (χ4n) is 2.52. The van der Waals surface area contributed by atoms with Crippen LogP contribution in [-0.2, 0) is 4.79 Å². The first-order chi connectivity index (χ1) is 9.83. The van der Waals surface area contributed by atoms with Gasteiger partial charge in [-0.05, 0) is 40.9 Å². The Bertz CT molecular complexity index is 584. The Morgan fingerprint density at radius 2 is 1.81 bits per heavy atom. The lowest BCUT2D eigenvalue weighted by Gasteiger charge is -2.32. The van der Waals surface area contributed by atoms with E-state index in [1.807, 2.05) is 0 Å². The van der Waals surface area contributed by atoms with Crippen molar-refractivity contribution in [3.05, 3.63) is 26.6 Å². The standard InChI is InChI=1S/C14H16Br2N2O3/c15-8-6-9(12(19)20)11(10(16)7-8)18-13(21)14(17)4-2-1-3-5-14/h6-7H,1-5,17H2,(H,18,21)(H,19,20). The van der Waals surface area contributed by atoms with E-state index in [1.54, 1.807) is 6.07 Å². The molecule has 1 aliphatic rings. The van der Waals surface area contributed by atoms with Crippen molar-refractivity contribution in [1.82, 2.24) is 0 Å². The minimum Gasteiger partial charge on any atom is -0.478 e. The zero-order valence-electron chi connectivity index (χ0n) is 11.3. The van der Waals surface area contributed by atoms with Gasteiger partial charge >= 0.3 is 5.97 Å². The largest absolute Gasteiger partial charge is 0.478 e. The summed E-state index contributed by atoms with van der Waals surface area (Å²) in [5.41, 5.74) is 5.52. The number of carbonyl (C=O) groups is 2. The molecule has 1 saturated carbocycles. The molecule has 0 unspecified atom stereocenters. The molecule has 0 radical (unpaired) electrons. The fraction of sp³-hybridized carbons (Fsp3) is 0.429. The van der Waals surface area contributed by atoms with Gasteiger partial charge in [0.1, 0.15) is 0 Å². The first kappa shape index (κ1) is 16.5. The molecule has 4 N–H and O–H groups in total. The van der Waals surface area contributed by atoms with Gasteiger partial charge in [0, 0.05) is 8.95 Å². The number of amides is 1. The molecule has 114 valence electrons. The second kappa shape index (κ2) is 6.46. The summed E-state index contributed by atoms with van der Waals surface area (Å²) in [5, 5.41) is 12.0. The Kier molecular flexibility index (Phi) is 5.06. The second-order valence-corrected chi connectivity index (χ2v) is 7.06. The number of halogens is 2. The van der Waals surface area contributed by atoms with Crippen LogP contribution in [0.15, 0.2) is 21.1 Å². The van der Waals surface area contributed by atoms with E-state index in [-0.39, 0.29) is 17.2 Å². The minimum atomic E-state index is -1.11. The summed E-state index contributed by atoms with van der Waals surface area (Å²) in [6, 6.07) is 3.14. The number of carbonyl (C=O) groups excluding carboxylic acids is 1. The molecule has 0 saturated heterocycles. The Morgan fingerprint density at radius 3 is 2.38 bits per heavy atom. The molecule has 5 nitrogen and oxygen atoms in total. The minimum absolute atomic E-state index is 0.0176. The number of carboxylic acid groups (broad SMARTS) is 1. The maximum absolute atomic E-state index is 12.4. The molecule has 1 aromatic rings. The van der Waals surface area contributed by atoms with Crippen LogP contribution in [0.3, 0.4) is 0 Å². The summed E-state index contributed by atoms with van der Waals surface area (Å²) >= 11 is 6.53. The second-order valence-electron chi connectivity index (χ2n) is 5.29. The van der Waals surface area contributed by atoms with Crippen molar-refractivity contribution >= 4 is 49.4 Å². The zero-order chi connectivity index (χ0) is 15.6.